The molecule has 0 aliphatic rings. The highest BCUT2D eigenvalue weighted by Crippen LogP contribution is 2.35. The Bertz CT molecular complexity index is 1250. The number of halogens is 1. The first-order valence-electron chi connectivity index (χ1n) is 9.51. The average Bonchev–Trinajstić information content (AvgIpc) is 3.15. The van der Waals surface area contributed by atoms with Gasteiger partial charge in [0.15, 0.2) is 0 Å². The fraction of sp³-hybridized carbons (Fsp3) is 0.182. The Morgan fingerprint density at radius 3 is 2.61 bits per heavy atom. The molecule has 2 heterocycles. The lowest BCUT2D eigenvalue weighted by molar-refractivity contribution is -0.115. The molecule has 7 nitrogen and oxygen atoms in total. The van der Waals surface area contributed by atoms with E-state index in [-0.39, 0.29) is 5.91 Å². The van der Waals surface area contributed by atoms with Crippen molar-refractivity contribution in [2.24, 2.45) is 0 Å². The van der Waals surface area contributed by atoms with Crippen molar-refractivity contribution in [2.75, 3.05) is 12.4 Å². The number of aromatic nitrogens is 4. The molecule has 0 fully saturated rings. The minimum absolute atomic E-state index is 0.211. The van der Waals surface area contributed by atoms with Crippen LogP contribution in [0.25, 0.3) is 5.78 Å². The Morgan fingerprint density at radius 2 is 1.90 bits per heavy atom. The van der Waals surface area contributed by atoms with Crippen LogP contribution in [0.3, 0.4) is 0 Å². The summed E-state index contributed by atoms with van der Waals surface area (Å²) >= 11 is 7.47. The third-order valence-electron chi connectivity index (χ3n) is 4.58. The number of carbonyl (C=O) groups excluding carboxylic acids is 1. The van der Waals surface area contributed by atoms with Crippen LogP contribution >= 0.6 is 23.4 Å². The van der Waals surface area contributed by atoms with Crippen molar-refractivity contribution in [3.05, 3.63) is 76.6 Å². The van der Waals surface area contributed by atoms with Gasteiger partial charge in [-0.1, -0.05) is 53.7 Å². The van der Waals surface area contributed by atoms with Gasteiger partial charge in [0.2, 0.25) is 11.1 Å². The molecule has 0 unspecified atom stereocenters. The Kier molecular flexibility index (Phi) is 6.11. The summed E-state index contributed by atoms with van der Waals surface area (Å²) in [4.78, 5) is 22.2. The number of methoxy groups -OCH3 is 1. The van der Waals surface area contributed by atoms with Gasteiger partial charge in [-0.15, -0.1) is 5.10 Å². The molecule has 0 aliphatic carbocycles. The summed E-state index contributed by atoms with van der Waals surface area (Å²) in [5.41, 5.74) is 3.20. The zero-order valence-corrected chi connectivity index (χ0v) is 18.7. The number of benzene rings is 2. The highest BCUT2D eigenvalue weighted by atomic mass is 35.5. The number of rotatable bonds is 6. The lowest BCUT2D eigenvalue weighted by atomic mass is 10.1. The van der Waals surface area contributed by atoms with Gasteiger partial charge in [0.25, 0.3) is 5.78 Å². The number of amides is 1. The fourth-order valence-electron chi connectivity index (χ4n) is 3.16. The number of nitrogens with one attached hydrogen (secondary N) is 1. The molecule has 0 spiro atoms. The normalized spacial score (nSPS) is 12.0. The first kappa shape index (κ1) is 21.1. The van der Waals surface area contributed by atoms with E-state index in [4.69, 9.17) is 16.3 Å². The SMILES string of the molecule is COc1ccc(NC(=O)[C@@H](Sc2nc3nc(C)cc(C)n3n2)c2ccccc2)cc1Cl. The summed E-state index contributed by atoms with van der Waals surface area (Å²) in [6.07, 6.45) is 0. The molecular weight excluding hydrogens is 434 g/mol. The number of nitrogens with zero attached hydrogens (tertiary/aromatic N) is 4. The van der Waals surface area contributed by atoms with Crippen LogP contribution in [0.5, 0.6) is 5.75 Å². The molecule has 0 bridgehead atoms. The molecule has 0 aliphatic heterocycles. The molecule has 0 saturated heterocycles. The molecule has 0 saturated carbocycles. The van der Waals surface area contributed by atoms with Gasteiger partial charge in [0, 0.05) is 17.1 Å². The van der Waals surface area contributed by atoms with Gasteiger partial charge in [-0.25, -0.2) is 9.50 Å². The third-order valence-corrected chi connectivity index (χ3v) is 5.98. The van der Waals surface area contributed by atoms with Crippen LogP contribution in [0.15, 0.2) is 59.8 Å². The maximum atomic E-state index is 13.2. The number of thioether (sulfide) groups is 1. The molecule has 1 atom stereocenters. The van der Waals surface area contributed by atoms with Gasteiger partial charge in [0.1, 0.15) is 11.0 Å². The molecule has 9 heteroatoms. The lowest BCUT2D eigenvalue weighted by Gasteiger charge is -2.16. The van der Waals surface area contributed by atoms with Gasteiger partial charge in [-0.3, -0.25) is 4.79 Å². The fourth-order valence-corrected chi connectivity index (χ4v) is 4.35. The molecule has 1 N–H and O–H groups in total. The highest BCUT2D eigenvalue weighted by Gasteiger charge is 2.25. The van der Waals surface area contributed by atoms with Gasteiger partial charge < -0.3 is 10.1 Å². The van der Waals surface area contributed by atoms with Crippen molar-refractivity contribution in [1.82, 2.24) is 19.6 Å². The van der Waals surface area contributed by atoms with Crippen LogP contribution in [0, 0.1) is 13.8 Å². The van der Waals surface area contributed by atoms with Crippen LogP contribution in [0.4, 0.5) is 5.69 Å². The zero-order chi connectivity index (χ0) is 22.0. The smallest absolute Gasteiger partial charge is 0.253 e. The summed E-state index contributed by atoms with van der Waals surface area (Å²) < 4.78 is 6.85. The third kappa shape index (κ3) is 4.65. The summed E-state index contributed by atoms with van der Waals surface area (Å²) in [7, 11) is 1.54. The number of anilines is 1. The number of ether oxygens (including phenoxy) is 1. The molecule has 4 aromatic rings. The maximum absolute atomic E-state index is 13.2. The molecule has 2 aromatic heterocycles. The molecule has 0 radical (unpaired) electrons. The minimum Gasteiger partial charge on any atom is -0.495 e. The Balaban J connectivity index is 1.64. The molecule has 31 heavy (non-hydrogen) atoms. The topological polar surface area (TPSA) is 81.4 Å². The first-order chi connectivity index (χ1) is 14.9. The average molecular weight is 454 g/mol. The highest BCUT2D eigenvalue weighted by molar-refractivity contribution is 8.00. The van der Waals surface area contributed by atoms with Gasteiger partial charge in [-0.05, 0) is 43.7 Å². The van der Waals surface area contributed by atoms with E-state index in [1.54, 1.807) is 29.8 Å². The predicted molar refractivity (Wildman–Crippen MR) is 122 cm³/mol. The number of aryl methyl sites for hydroxylation is 2. The largest absolute Gasteiger partial charge is 0.495 e. The van der Waals surface area contributed by atoms with Crippen molar-refractivity contribution in [3.8, 4) is 5.75 Å². The van der Waals surface area contributed by atoms with Gasteiger partial charge in [0.05, 0.1) is 12.1 Å². The number of hydrogen-bond acceptors (Lipinski definition) is 6. The van der Waals surface area contributed by atoms with E-state index in [1.807, 2.05) is 50.2 Å². The molecule has 1 amide bonds. The predicted octanol–water partition coefficient (Wildman–Crippen LogP) is 4.88. The van der Waals surface area contributed by atoms with Crippen molar-refractivity contribution in [1.29, 1.82) is 0 Å². The number of hydrogen-bond donors (Lipinski definition) is 1. The minimum atomic E-state index is -0.569. The van der Waals surface area contributed by atoms with Crippen LogP contribution in [-0.4, -0.2) is 32.6 Å². The number of carbonyl (C=O) groups is 1. The second-order valence-electron chi connectivity index (χ2n) is 6.89. The van der Waals surface area contributed by atoms with Crippen molar-refractivity contribution >= 4 is 40.7 Å². The monoisotopic (exact) mass is 453 g/mol. The van der Waals surface area contributed by atoms with E-state index >= 15 is 0 Å². The Morgan fingerprint density at radius 1 is 1.13 bits per heavy atom. The molecule has 158 valence electrons. The second kappa shape index (κ2) is 8.95. The van der Waals surface area contributed by atoms with E-state index in [0.29, 0.717) is 27.4 Å². The van der Waals surface area contributed by atoms with E-state index in [2.05, 4.69) is 20.4 Å². The van der Waals surface area contributed by atoms with Crippen LogP contribution < -0.4 is 10.1 Å². The van der Waals surface area contributed by atoms with Crippen molar-refractivity contribution in [2.45, 2.75) is 24.3 Å². The van der Waals surface area contributed by atoms with Crippen molar-refractivity contribution < 1.29 is 9.53 Å². The van der Waals surface area contributed by atoms with Crippen LogP contribution in [0.1, 0.15) is 22.2 Å². The quantitative estimate of drug-likeness (QED) is 0.419. The van der Waals surface area contributed by atoms with E-state index in [9.17, 15) is 4.79 Å². The second-order valence-corrected chi connectivity index (χ2v) is 8.37. The summed E-state index contributed by atoms with van der Waals surface area (Å²) in [6, 6.07) is 16.6. The number of fused-ring (bicyclic) bond motifs is 1. The van der Waals surface area contributed by atoms with Crippen LogP contribution in [0.2, 0.25) is 5.02 Å². The standard InChI is InChI=1S/C22H20ClN5O2S/c1-13-11-14(2)28-21(24-13)26-22(27-28)31-19(15-7-5-4-6-8-15)20(29)25-16-9-10-18(30-3)17(23)12-16/h4-12,19H,1-3H3,(H,25,29)/t19-/m0/s1. The van der Waals surface area contributed by atoms with Crippen LogP contribution in [-0.2, 0) is 4.79 Å². The Hall–Kier alpha value is -3.10. The first-order valence-corrected chi connectivity index (χ1v) is 10.8. The molecular formula is C22H20ClN5O2S. The van der Waals surface area contributed by atoms with Crippen molar-refractivity contribution in [3.63, 3.8) is 0 Å². The van der Waals surface area contributed by atoms with E-state index in [1.165, 1.54) is 11.8 Å². The lowest BCUT2D eigenvalue weighted by Crippen LogP contribution is -2.19. The Labute approximate surface area is 188 Å². The van der Waals surface area contributed by atoms with E-state index < -0.39 is 5.25 Å². The van der Waals surface area contributed by atoms with E-state index in [0.717, 1.165) is 17.0 Å². The molecule has 2 aromatic carbocycles. The summed E-state index contributed by atoms with van der Waals surface area (Å²) in [5.74, 6) is 0.840. The van der Waals surface area contributed by atoms with Gasteiger partial charge in [-0.2, -0.15) is 4.98 Å². The zero-order valence-electron chi connectivity index (χ0n) is 17.2. The van der Waals surface area contributed by atoms with Gasteiger partial charge >= 0.3 is 0 Å². The summed E-state index contributed by atoms with van der Waals surface area (Å²) in [6.45, 7) is 3.86. The summed E-state index contributed by atoms with van der Waals surface area (Å²) in [5, 5.41) is 7.78. The molecule has 4 rings (SSSR count). The maximum Gasteiger partial charge on any atom is 0.253 e.